The predicted octanol–water partition coefficient (Wildman–Crippen LogP) is 1.87. The van der Waals surface area contributed by atoms with E-state index < -0.39 is 5.41 Å². The van der Waals surface area contributed by atoms with Crippen LogP contribution in [0, 0.1) is 5.41 Å². The van der Waals surface area contributed by atoms with E-state index in [1.54, 1.807) is 11.9 Å². The highest BCUT2D eigenvalue weighted by Crippen LogP contribution is 2.20. The number of alkyl halides is 1. The highest BCUT2D eigenvalue weighted by Gasteiger charge is 2.28. The van der Waals surface area contributed by atoms with Gasteiger partial charge in [-0.1, -0.05) is 0 Å². The Kier molecular flexibility index (Phi) is 6.94. The number of nitrogens with zero attached hydrogens (tertiary/aromatic N) is 1. The average molecular weight is 236 g/mol. The van der Waals surface area contributed by atoms with E-state index in [1.165, 1.54) is 0 Å². The quantitative estimate of drug-likeness (QED) is 0.541. The third kappa shape index (κ3) is 5.38. The van der Waals surface area contributed by atoms with Gasteiger partial charge in [0, 0.05) is 26.1 Å². The van der Waals surface area contributed by atoms with Crippen molar-refractivity contribution >= 4 is 17.5 Å². The molecule has 90 valence electrons. The van der Waals surface area contributed by atoms with Gasteiger partial charge in [0.25, 0.3) is 0 Å². The molecule has 1 N–H and O–H groups in total. The largest absolute Gasteiger partial charge is 0.396 e. The fourth-order valence-corrected chi connectivity index (χ4v) is 1.43. The second-order valence-corrected chi connectivity index (χ2v) is 4.80. The number of carbonyl (C=O) groups is 1. The van der Waals surface area contributed by atoms with Crippen molar-refractivity contribution < 1.29 is 9.90 Å². The minimum absolute atomic E-state index is 0.0847. The molecule has 0 rings (SSSR count). The zero-order valence-electron chi connectivity index (χ0n) is 9.92. The van der Waals surface area contributed by atoms with Crippen molar-refractivity contribution in [1.82, 2.24) is 4.90 Å². The monoisotopic (exact) mass is 235 g/mol. The van der Waals surface area contributed by atoms with Crippen LogP contribution < -0.4 is 0 Å². The van der Waals surface area contributed by atoms with Crippen molar-refractivity contribution in [2.75, 3.05) is 26.1 Å². The van der Waals surface area contributed by atoms with Crippen LogP contribution in [0.3, 0.4) is 0 Å². The summed E-state index contributed by atoms with van der Waals surface area (Å²) < 4.78 is 0. The minimum atomic E-state index is -0.479. The number of halogens is 1. The van der Waals surface area contributed by atoms with Gasteiger partial charge in [0.2, 0.25) is 5.91 Å². The average Bonchev–Trinajstić information content (AvgIpc) is 2.23. The SMILES string of the molecule is CN(CCCCCO)C(=O)C(C)(C)CCl. The summed E-state index contributed by atoms with van der Waals surface area (Å²) in [6.07, 6.45) is 2.69. The fraction of sp³-hybridized carbons (Fsp3) is 0.909. The first-order valence-corrected chi connectivity index (χ1v) is 5.91. The molecule has 0 fully saturated rings. The summed E-state index contributed by atoms with van der Waals surface area (Å²) in [6, 6.07) is 0. The summed E-state index contributed by atoms with van der Waals surface area (Å²) in [5, 5.41) is 8.61. The lowest BCUT2D eigenvalue weighted by Crippen LogP contribution is -2.40. The summed E-state index contributed by atoms with van der Waals surface area (Å²) >= 11 is 5.74. The Morgan fingerprint density at radius 1 is 1.33 bits per heavy atom. The van der Waals surface area contributed by atoms with Crippen molar-refractivity contribution in [3.8, 4) is 0 Å². The standard InChI is InChI=1S/C11H22ClNO2/c1-11(2,9-12)10(15)13(3)7-5-4-6-8-14/h14H,4-9H2,1-3H3. The number of aliphatic hydroxyl groups is 1. The lowest BCUT2D eigenvalue weighted by molar-refractivity contribution is -0.137. The van der Waals surface area contributed by atoms with E-state index in [1.807, 2.05) is 13.8 Å². The number of carbonyl (C=O) groups excluding carboxylic acids is 1. The fourth-order valence-electron chi connectivity index (χ4n) is 1.31. The van der Waals surface area contributed by atoms with Gasteiger partial charge in [-0.2, -0.15) is 0 Å². The van der Waals surface area contributed by atoms with Crippen LogP contribution in [0.15, 0.2) is 0 Å². The molecule has 0 aromatic carbocycles. The van der Waals surface area contributed by atoms with Gasteiger partial charge in [-0.25, -0.2) is 0 Å². The van der Waals surface area contributed by atoms with Gasteiger partial charge in [0.1, 0.15) is 0 Å². The third-order valence-electron chi connectivity index (χ3n) is 2.41. The molecule has 0 saturated heterocycles. The Morgan fingerprint density at radius 3 is 2.40 bits per heavy atom. The lowest BCUT2D eigenvalue weighted by atomic mass is 9.94. The Labute approximate surface area is 97.4 Å². The maximum Gasteiger partial charge on any atom is 0.229 e. The topological polar surface area (TPSA) is 40.5 Å². The summed E-state index contributed by atoms with van der Waals surface area (Å²) in [5.74, 6) is 0.425. The molecule has 15 heavy (non-hydrogen) atoms. The van der Waals surface area contributed by atoms with Gasteiger partial charge in [0.15, 0.2) is 0 Å². The van der Waals surface area contributed by atoms with Crippen LogP contribution in [0.5, 0.6) is 0 Å². The molecule has 0 heterocycles. The van der Waals surface area contributed by atoms with Gasteiger partial charge < -0.3 is 10.0 Å². The molecule has 1 amide bonds. The molecule has 0 bridgehead atoms. The van der Waals surface area contributed by atoms with E-state index in [0.29, 0.717) is 5.88 Å². The molecule has 0 aliphatic carbocycles. The number of unbranched alkanes of at least 4 members (excludes halogenated alkanes) is 2. The highest BCUT2D eigenvalue weighted by atomic mass is 35.5. The zero-order chi connectivity index (χ0) is 11.9. The van der Waals surface area contributed by atoms with E-state index >= 15 is 0 Å². The second-order valence-electron chi connectivity index (χ2n) is 4.53. The lowest BCUT2D eigenvalue weighted by Gasteiger charge is -2.27. The van der Waals surface area contributed by atoms with Crippen molar-refractivity contribution in [3.63, 3.8) is 0 Å². The van der Waals surface area contributed by atoms with E-state index in [9.17, 15) is 4.79 Å². The normalized spacial score (nSPS) is 11.5. The first kappa shape index (κ1) is 14.7. The van der Waals surface area contributed by atoms with E-state index in [0.717, 1.165) is 25.8 Å². The van der Waals surface area contributed by atoms with Crippen LogP contribution in [-0.2, 0) is 4.79 Å². The summed E-state index contributed by atoms with van der Waals surface area (Å²) in [5.41, 5.74) is -0.479. The van der Waals surface area contributed by atoms with Crippen molar-refractivity contribution in [2.45, 2.75) is 33.1 Å². The maximum atomic E-state index is 11.9. The van der Waals surface area contributed by atoms with Crippen molar-refractivity contribution in [2.24, 2.45) is 5.41 Å². The molecule has 3 nitrogen and oxygen atoms in total. The molecular weight excluding hydrogens is 214 g/mol. The Morgan fingerprint density at radius 2 is 1.93 bits per heavy atom. The zero-order valence-corrected chi connectivity index (χ0v) is 10.7. The van der Waals surface area contributed by atoms with Gasteiger partial charge in [-0.3, -0.25) is 4.79 Å². The van der Waals surface area contributed by atoms with Crippen molar-refractivity contribution in [3.05, 3.63) is 0 Å². The maximum absolute atomic E-state index is 11.9. The smallest absolute Gasteiger partial charge is 0.229 e. The first-order chi connectivity index (χ1) is 6.95. The molecule has 0 aliphatic rings. The minimum Gasteiger partial charge on any atom is -0.396 e. The van der Waals surface area contributed by atoms with Gasteiger partial charge in [-0.05, 0) is 33.1 Å². The van der Waals surface area contributed by atoms with Gasteiger partial charge in [0.05, 0.1) is 5.41 Å². The van der Waals surface area contributed by atoms with Crippen LogP contribution in [0.4, 0.5) is 0 Å². The molecule has 0 saturated carbocycles. The number of amides is 1. The van der Waals surface area contributed by atoms with Crippen LogP contribution in [0.1, 0.15) is 33.1 Å². The Bertz CT molecular complexity index is 195. The Balaban J connectivity index is 3.89. The number of aliphatic hydroxyl groups excluding tert-OH is 1. The van der Waals surface area contributed by atoms with E-state index in [2.05, 4.69) is 0 Å². The number of hydrogen-bond acceptors (Lipinski definition) is 2. The van der Waals surface area contributed by atoms with Crippen LogP contribution in [0.25, 0.3) is 0 Å². The van der Waals surface area contributed by atoms with Crippen LogP contribution >= 0.6 is 11.6 Å². The Hall–Kier alpha value is -0.280. The molecule has 0 aromatic heterocycles. The van der Waals surface area contributed by atoms with Gasteiger partial charge >= 0.3 is 0 Å². The predicted molar refractivity (Wildman–Crippen MR) is 63.1 cm³/mol. The molecule has 0 radical (unpaired) electrons. The summed E-state index contributed by atoms with van der Waals surface area (Å²) in [4.78, 5) is 13.6. The van der Waals surface area contributed by atoms with Gasteiger partial charge in [-0.15, -0.1) is 11.6 Å². The third-order valence-corrected chi connectivity index (χ3v) is 3.08. The highest BCUT2D eigenvalue weighted by molar-refractivity contribution is 6.19. The number of rotatable bonds is 7. The molecule has 0 spiro atoms. The van der Waals surface area contributed by atoms with E-state index in [4.69, 9.17) is 16.7 Å². The molecule has 4 heteroatoms. The summed E-state index contributed by atoms with van der Waals surface area (Å²) in [6.45, 7) is 4.67. The summed E-state index contributed by atoms with van der Waals surface area (Å²) in [7, 11) is 1.80. The first-order valence-electron chi connectivity index (χ1n) is 5.38. The molecule has 0 aromatic rings. The second kappa shape index (κ2) is 7.07. The molecule has 0 aliphatic heterocycles. The number of hydrogen-bond donors (Lipinski definition) is 1. The van der Waals surface area contributed by atoms with Crippen LogP contribution in [-0.4, -0.2) is 42.0 Å². The molecule has 0 atom stereocenters. The van der Waals surface area contributed by atoms with E-state index in [-0.39, 0.29) is 12.5 Å². The van der Waals surface area contributed by atoms with Crippen LogP contribution in [0.2, 0.25) is 0 Å². The van der Waals surface area contributed by atoms with Crippen molar-refractivity contribution in [1.29, 1.82) is 0 Å². The molecule has 0 unspecified atom stereocenters. The molecular formula is C11H22ClNO2.